The molecule has 0 heterocycles. The molecule has 1 N–H and O–H groups in total. The van der Waals surface area contributed by atoms with Crippen molar-refractivity contribution in [3.05, 3.63) is 11.3 Å². The van der Waals surface area contributed by atoms with Crippen molar-refractivity contribution in [3.63, 3.8) is 0 Å². The molecule has 0 aromatic heterocycles. The van der Waals surface area contributed by atoms with E-state index >= 15 is 0 Å². The number of hydrogen-bond donors (Lipinski definition) is 1. The summed E-state index contributed by atoms with van der Waals surface area (Å²) in [4.78, 5) is 11.5. The quantitative estimate of drug-likeness (QED) is 0.667. The predicted octanol–water partition coefficient (Wildman–Crippen LogP) is 1.27. The highest BCUT2D eigenvalue weighted by molar-refractivity contribution is 5.99. The predicted molar refractivity (Wildman–Crippen MR) is 49.1 cm³/mol. The van der Waals surface area contributed by atoms with E-state index in [1.165, 1.54) is 7.11 Å². The van der Waals surface area contributed by atoms with Crippen LogP contribution in [-0.2, 0) is 9.53 Å². The van der Waals surface area contributed by atoms with Crippen molar-refractivity contribution < 1.29 is 14.6 Å². The van der Waals surface area contributed by atoms with Crippen LogP contribution in [0.15, 0.2) is 11.3 Å². The van der Waals surface area contributed by atoms with Gasteiger partial charge in [0.1, 0.15) is 6.10 Å². The van der Waals surface area contributed by atoms with Crippen molar-refractivity contribution in [3.8, 4) is 0 Å². The van der Waals surface area contributed by atoms with Gasteiger partial charge >= 0.3 is 0 Å². The van der Waals surface area contributed by atoms with Gasteiger partial charge in [0.05, 0.1) is 7.11 Å². The first-order chi connectivity index (χ1) is 5.90. The van der Waals surface area contributed by atoms with Gasteiger partial charge in [-0.05, 0) is 18.9 Å². The molecule has 74 valence electrons. The lowest BCUT2D eigenvalue weighted by atomic mass is 9.74. The number of aliphatic hydroxyl groups excluding tert-OH is 1. The van der Waals surface area contributed by atoms with E-state index in [0.29, 0.717) is 12.2 Å². The summed E-state index contributed by atoms with van der Waals surface area (Å²) < 4.78 is 4.95. The minimum Gasteiger partial charge on any atom is -0.493 e. The second-order valence-corrected chi connectivity index (χ2v) is 4.25. The second kappa shape index (κ2) is 3.14. The van der Waals surface area contributed by atoms with Crippen LogP contribution in [0.25, 0.3) is 0 Å². The maximum atomic E-state index is 11.5. The number of carbonyl (C=O) groups excluding carboxylic acids is 1. The molecular formula is C10H16O3. The Kier molecular flexibility index (Phi) is 2.48. The maximum absolute atomic E-state index is 11.5. The lowest BCUT2D eigenvalue weighted by molar-refractivity contribution is -0.133. The fourth-order valence-electron chi connectivity index (χ4n) is 1.82. The van der Waals surface area contributed by atoms with Gasteiger partial charge in [0, 0.05) is 5.41 Å². The molecule has 0 spiro atoms. The van der Waals surface area contributed by atoms with E-state index in [-0.39, 0.29) is 11.2 Å². The van der Waals surface area contributed by atoms with Gasteiger partial charge in [-0.25, -0.2) is 0 Å². The molecule has 0 bridgehead atoms. The van der Waals surface area contributed by atoms with E-state index < -0.39 is 6.10 Å². The van der Waals surface area contributed by atoms with Gasteiger partial charge in [0.25, 0.3) is 0 Å². The van der Waals surface area contributed by atoms with E-state index in [0.717, 1.165) is 5.57 Å². The average molecular weight is 184 g/mol. The van der Waals surface area contributed by atoms with Crippen LogP contribution in [0.4, 0.5) is 0 Å². The summed E-state index contributed by atoms with van der Waals surface area (Å²) in [6.07, 6.45) is -0.241. The standard InChI is InChI=1S/C10H16O3/c1-6-5-10(2,3)9(12)7(11)8(6)13-4/h9,12H,5H2,1-4H3. The molecule has 0 saturated carbocycles. The van der Waals surface area contributed by atoms with Crippen LogP contribution >= 0.6 is 0 Å². The molecule has 1 rings (SSSR count). The van der Waals surface area contributed by atoms with Gasteiger partial charge in [-0.1, -0.05) is 13.8 Å². The topological polar surface area (TPSA) is 46.5 Å². The zero-order valence-corrected chi connectivity index (χ0v) is 8.55. The summed E-state index contributed by atoms with van der Waals surface area (Å²) in [6.45, 7) is 5.63. The Bertz CT molecular complexity index is 263. The molecule has 13 heavy (non-hydrogen) atoms. The number of aliphatic hydroxyl groups is 1. The minimum atomic E-state index is -0.939. The molecule has 0 radical (unpaired) electrons. The largest absolute Gasteiger partial charge is 0.493 e. The number of Topliss-reactive ketones (excluding diaryl/α,β-unsaturated/α-hetero) is 1. The zero-order valence-electron chi connectivity index (χ0n) is 8.55. The zero-order chi connectivity index (χ0) is 10.2. The van der Waals surface area contributed by atoms with Crippen LogP contribution in [0, 0.1) is 5.41 Å². The van der Waals surface area contributed by atoms with Crippen molar-refractivity contribution in [1.29, 1.82) is 0 Å². The van der Waals surface area contributed by atoms with Gasteiger partial charge in [0.2, 0.25) is 5.78 Å². The van der Waals surface area contributed by atoms with Crippen LogP contribution in [-0.4, -0.2) is 24.1 Å². The van der Waals surface area contributed by atoms with E-state index in [1.54, 1.807) is 0 Å². The first kappa shape index (κ1) is 10.3. The summed E-state index contributed by atoms with van der Waals surface area (Å²) >= 11 is 0. The number of carbonyl (C=O) groups is 1. The van der Waals surface area contributed by atoms with Gasteiger partial charge in [-0.3, -0.25) is 4.79 Å². The second-order valence-electron chi connectivity index (χ2n) is 4.25. The number of rotatable bonds is 1. The minimum absolute atomic E-state index is 0.295. The molecule has 1 aliphatic carbocycles. The van der Waals surface area contributed by atoms with Crippen molar-refractivity contribution >= 4 is 5.78 Å². The SMILES string of the molecule is COC1=C(C)CC(C)(C)C(O)C1=O. The highest BCUT2D eigenvalue weighted by Gasteiger charge is 2.40. The Hall–Kier alpha value is -0.830. The molecule has 1 atom stereocenters. The lowest BCUT2D eigenvalue weighted by Gasteiger charge is -2.34. The first-order valence-electron chi connectivity index (χ1n) is 4.36. The maximum Gasteiger partial charge on any atom is 0.226 e. The molecule has 0 saturated heterocycles. The number of ether oxygens (including phenoxy) is 1. The van der Waals surface area contributed by atoms with Crippen LogP contribution in [0.5, 0.6) is 0 Å². The number of ketones is 1. The molecule has 0 aliphatic heterocycles. The van der Waals surface area contributed by atoms with Crippen molar-refractivity contribution in [1.82, 2.24) is 0 Å². The van der Waals surface area contributed by atoms with E-state index in [2.05, 4.69) is 0 Å². The number of hydrogen-bond acceptors (Lipinski definition) is 3. The van der Waals surface area contributed by atoms with Gasteiger partial charge in [0.15, 0.2) is 5.76 Å². The highest BCUT2D eigenvalue weighted by Crippen LogP contribution is 2.36. The van der Waals surface area contributed by atoms with Crippen LogP contribution < -0.4 is 0 Å². The molecule has 0 aromatic rings. The Morgan fingerprint density at radius 2 is 2.08 bits per heavy atom. The van der Waals surface area contributed by atoms with Crippen molar-refractivity contribution in [2.45, 2.75) is 33.3 Å². The van der Waals surface area contributed by atoms with Crippen LogP contribution in [0.3, 0.4) is 0 Å². The van der Waals surface area contributed by atoms with Gasteiger partial charge in [-0.2, -0.15) is 0 Å². The summed E-state index contributed by atoms with van der Waals surface area (Å²) in [6, 6.07) is 0. The third-order valence-electron chi connectivity index (χ3n) is 2.52. The van der Waals surface area contributed by atoms with Crippen molar-refractivity contribution in [2.75, 3.05) is 7.11 Å². The Balaban J connectivity index is 3.08. The molecule has 3 nitrogen and oxygen atoms in total. The Labute approximate surface area is 78.4 Å². The molecule has 0 amide bonds. The lowest BCUT2D eigenvalue weighted by Crippen LogP contribution is -2.41. The van der Waals surface area contributed by atoms with E-state index in [4.69, 9.17) is 4.74 Å². The van der Waals surface area contributed by atoms with Gasteiger partial charge < -0.3 is 9.84 Å². The first-order valence-corrected chi connectivity index (χ1v) is 4.36. The normalized spacial score (nSPS) is 27.8. The summed E-state index contributed by atoms with van der Waals surface area (Å²) in [5.74, 6) is 0.0306. The van der Waals surface area contributed by atoms with E-state index in [1.807, 2.05) is 20.8 Å². The highest BCUT2D eigenvalue weighted by atomic mass is 16.5. The molecule has 0 aromatic carbocycles. The molecule has 1 aliphatic rings. The number of allylic oxidation sites excluding steroid dienone is 1. The Morgan fingerprint density at radius 1 is 1.54 bits per heavy atom. The summed E-state index contributed by atoms with van der Waals surface area (Å²) in [7, 11) is 1.46. The fraction of sp³-hybridized carbons (Fsp3) is 0.700. The van der Waals surface area contributed by atoms with E-state index in [9.17, 15) is 9.90 Å². The molecule has 1 unspecified atom stereocenters. The fourth-order valence-corrected chi connectivity index (χ4v) is 1.82. The summed E-state index contributed by atoms with van der Waals surface area (Å²) in [5.41, 5.74) is 0.547. The van der Waals surface area contributed by atoms with Gasteiger partial charge in [-0.15, -0.1) is 0 Å². The molecule has 0 fully saturated rings. The van der Waals surface area contributed by atoms with Crippen LogP contribution in [0.2, 0.25) is 0 Å². The van der Waals surface area contributed by atoms with Crippen molar-refractivity contribution in [2.24, 2.45) is 5.41 Å². The Morgan fingerprint density at radius 3 is 2.54 bits per heavy atom. The third-order valence-corrected chi connectivity index (χ3v) is 2.52. The third kappa shape index (κ3) is 1.61. The average Bonchev–Trinajstić information content (AvgIpc) is 2.01. The molecule has 3 heteroatoms. The van der Waals surface area contributed by atoms with Crippen LogP contribution in [0.1, 0.15) is 27.2 Å². The summed E-state index contributed by atoms with van der Waals surface area (Å²) in [5, 5.41) is 9.66. The smallest absolute Gasteiger partial charge is 0.226 e. The molecular weight excluding hydrogens is 168 g/mol. The monoisotopic (exact) mass is 184 g/mol. The number of methoxy groups -OCH3 is 1.